The highest BCUT2D eigenvalue weighted by atomic mass is 32.2. The maximum absolute atomic E-state index is 12.6. The number of nitro groups is 1. The highest BCUT2D eigenvalue weighted by Crippen LogP contribution is 2.33. The van der Waals surface area contributed by atoms with E-state index in [2.05, 4.69) is 0 Å². The third-order valence-electron chi connectivity index (χ3n) is 3.51. The largest absolute Gasteiger partial charge is 0.308 e. The first kappa shape index (κ1) is 14.5. The van der Waals surface area contributed by atoms with Crippen LogP contribution in [0.3, 0.4) is 0 Å². The quantitative estimate of drug-likeness (QED) is 0.548. The number of hydrogen-bond acceptors (Lipinski definition) is 4. The summed E-state index contributed by atoms with van der Waals surface area (Å²) < 4.78 is 27.5. The number of para-hydroxylation sites is 1. The molecule has 0 bridgehead atoms. The molecule has 0 unspecified atom stereocenters. The fourth-order valence-corrected chi connectivity index (χ4v) is 3.59. The van der Waals surface area contributed by atoms with Gasteiger partial charge in [-0.15, -0.1) is 0 Å². The maximum Gasteiger partial charge on any atom is 0.308 e. The van der Waals surface area contributed by atoms with Crippen molar-refractivity contribution in [2.45, 2.75) is 0 Å². The van der Waals surface area contributed by atoms with E-state index in [4.69, 9.17) is 0 Å². The molecule has 0 amide bonds. The van der Waals surface area contributed by atoms with Crippen molar-refractivity contribution in [3.05, 3.63) is 52.6 Å². The average molecular weight is 319 g/mol. The van der Waals surface area contributed by atoms with Gasteiger partial charge in [0.2, 0.25) is 0 Å². The third kappa shape index (κ3) is 1.96. The highest BCUT2D eigenvalue weighted by Gasteiger charge is 2.24. The second kappa shape index (κ2) is 4.79. The molecule has 1 aromatic heterocycles. The van der Waals surface area contributed by atoms with E-state index in [1.165, 1.54) is 36.3 Å². The van der Waals surface area contributed by atoms with Crippen LogP contribution in [0.4, 0.5) is 5.69 Å². The second-order valence-electron chi connectivity index (χ2n) is 5.03. The number of nitrogens with zero attached hydrogens (tertiary/aromatic N) is 3. The van der Waals surface area contributed by atoms with Gasteiger partial charge in [-0.05, 0) is 12.1 Å². The van der Waals surface area contributed by atoms with Gasteiger partial charge in [0, 0.05) is 37.0 Å². The van der Waals surface area contributed by atoms with E-state index in [1.807, 2.05) is 0 Å². The van der Waals surface area contributed by atoms with Gasteiger partial charge in [-0.25, -0.2) is 3.97 Å². The van der Waals surface area contributed by atoms with Gasteiger partial charge in [0.25, 0.3) is 5.69 Å². The molecule has 8 heteroatoms. The molecule has 0 aliphatic rings. The van der Waals surface area contributed by atoms with E-state index in [0.29, 0.717) is 21.8 Å². The van der Waals surface area contributed by atoms with Crippen molar-refractivity contribution >= 4 is 37.7 Å². The minimum atomic E-state index is -3.74. The lowest BCUT2D eigenvalue weighted by atomic mass is 10.1. The summed E-state index contributed by atoms with van der Waals surface area (Å²) >= 11 is 0. The predicted octanol–water partition coefficient (Wildman–Crippen LogP) is 2.36. The monoisotopic (exact) mass is 319 g/mol. The second-order valence-corrected chi connectivity index (χ2v) is 7.02. The lowest BCUT2D eigenvalue weighted by molar-refractivity contribution is -0.384. The minimum Gasteiger partial charge on any atom is -0.258 e. The fourth-order valence-electron chi connectivity index (χ4n) is 2.45. The number of non-ortho nitro benzene ring substituents is 1. The van der Waals surface area contributed by atoms with Crippen LogP contribution in [0.2, 0.25) is 0 Å². The molecule has 3 rings (SSSR count). The molecule has 0 saturated heterocycles. The zero-order chi connectivity index (χ0) is 16.1. The number of aromatic nitrogens is 1. The van der Waals surface area contributed by atoms with Gasteiger partial charge >= 0.3 is 10.2 Å². The van der Waals surface area contributed by atoms with Crippen LogP contribution in [-0.2, 0) is 10.2 Å². The number of benzene rings is 2. The molecule has 7 nitrogen and oxygen atoms in total. The van der Waals surface area contributed by atoms with Crippen LogP contribution in [0.1, 0.15) is 0 Å². The topological polar surface area (TPSA) is 85.5 Å². The number of hydrogen-bond donors (Lipinski definition) is 0. The fraction of sp³-hybridized carbons (Fsp3) is 0.143. The Morgan fingerprint density at radius 1 is 1.05 bits per heavy atom. The molecular weight excluding hydrogens is 306 g/mol. The summed E-state index contributed by atoms with van der Waals surface area (Å²) in [6.07, 6.45) is 0. The van der Waals surface area contributed by atoms with Gasteiger partial charge in [0.15, 0.2) is 0 Å². The molecule has 2 aromatic carbocycles. The first-order chi connectivity index (χ1) is 10.3. The molecular formula is C14H13N3O4S. The van der Waals surface area contributed by atoms with Crippen molar-refractivity contribution in [1.29, 1.82) is 0 Å². The Kier molecular flexibility index (Phi) is 3.15. The lowest BCUT2D eigenvalue weighted by Crippen LogP contribution is -2.28. The molecule has 22 heavy (non-hydrogen) atoms. The Bertz CT molecular complexity index is 1010. The zero-order valence-corrected chi connectivity index (χ0v) is 12.7. The van der Waals surface area contributed by atoms with E-state index < -0.39 is 15.1 Å². The summed E-state index contributed by atoms with van der Waals surface area (Å²) in [6, 6.07) is 11.1. The van der Waals surface area contributed by atoms with Crippen molar-refractivity contribution in [3.63, 3.8) is 0 Å². The molecule has 0 fully saturated rings. The van der Waals surface area contributed by atoms with E-state index in [1.54, 1.807) is 24.3 Å². The maximum atomic E-state index is 12.6. The van der Waals surface area contributed by atoms with Crippen molar-refractivity contribution < 1.29 is 13.3 Å². The zero-order valence-electron chi connectivity index (χ0n) is 11.9. The van der Waals surface area contributed by atoms with E-state index >= 15 is 0 Å². The van der Waals surface area contributed by atoms with E-state index in [0.717, 1.165) is 4.31 Å². The smallest absolute Gasteiger partial charge is 0.258 e. The van der Waals surface area contributed by atoms with Crippen molar-refractivity contribution in [1.82, 2.24) is 8.28 Å². The molecule has 0 N–H and O–H groups in total. The molecule has 0 radical (unpaired) electrons. The SMILES string of the molecule is CN(C)S(=O)(=O)n1c2ccccc2c2cc([N+](=O)[O-])ccc21. The van der Waals surface area contributed by atoms with Crippen LogP contribution in [0.5, 0.6) is 0 Å². The van der Waals surface area contributed by atoms with Crippen molar-refractivity contribution in [2.24, 2.45) is 0 Å². The highest BCUT2D eigenvalue weighted by molar-refractivity contribution is 7.87. The normalized spacial score (nSPS) is 12.3. The van der Waals surface area contributed by atoms with Crippen LogP contribution in [-0.4, -0.2) is 35.7 Å². The molecule has 0 atom stereocenters. The Balaban J connectivity index is 2.53. The first-order valence-corrected chi connectivity index (χ1v) is 7.84. The van der Waals surface area contributed by atoms with Crippen LogP contribution < -0.4 is 0 Å². The van der Waals surface area contributed by atoms with Crippen LogP contribution >= 0.6 is 0 Å². The Labute approximate surface area is 126 Å². The van der Waals surface area contributed by atoms with E-state index in [9.17, 15) is 18.5 Å². The predicted molar refractivity (Wildman–Crippen MR) is 84.1 cm³/mol. The van der Waals surface area contributed by atoms with Gasteiger partial charge in [-0.2, -0.15) is 12.7 Å². The molecule has 0 aliphatic carbocycles. The molecule has 0 aliphatic heterocycles. The summed E-state index contributed by atoms with van der Waals surface area (Å²) in [6.45, 7) is 0. The summed E-state index contributed by atoms with van der Waals surface area (Å²) in [5.74, 6) is 0. The first-order valence-electron chi connectivity index (χ1n) is 6.44. The Morgan fingerprint density at radius 3 is 2.32 bits per heavy atom. The van der Waals surface area contributed by atoms with E-state index in [-0.39, 0.29) is 5.69 Å². The number of nitro benzene ring substituents is 1. The van der Waals surface area contributed by atoms with Crippen LogP contribution in [0.15, 0.2) is 42.5 Å². The summed E-state index contributed by atoms with van der Waals surface area (Å²) in [7, 11) is -0.848. The summed E-state index contributed by atoms with van der Waals surface area (Å²) in [5, 5.41) is 12.2. The number of rotatable bonds is 3. The minimum absolute atomic E-state index is 0.0716. The van der Waals surface area contributed by atoms with Gasteiger partial charge in [-0.1, -0.05) is 18.2 Å². The summed E-state index contributed by atoms with van der Waals surface area (Å²) in [5.41, 5.74) is 0.838. The molecule has 114 valence electrons. The van der Waals surface area contributed by atoms with Gasteiger partial charge in [-0.3, -0.25) is 10.1 Å². The summed E-state index contributed by atoms with van der Waals surface area (Å²) in [4.78, 5) is 10.5. The van der Waals surface area contributed by atoms with Crippen LogP contribution in [0, 0.1) is 10.1 Å². The molecule has 1 heterocycles. The molecule has 3 aromatic rings. The van der Waals surface area contributed by atoms with Gasteiger partial charge in [0.05, 0.1) is 16.0 Å². The average Bonchev–Trinajstić information content (AvgIpc) is 2.81. The Morgan fingerprint density at radius 2 is 1.68 bits per heavy atom. The standard InChI is InChI=1S/C14H13N3O4S/c1-15(2)22(20,21)16-13-6-4-3-5-11(13)12-9-10(17(18)19)7-8-14(12)16/h3-9H,1-2H3. The van der Waals surface area contributed by atoms with Crippen molar-refractivity contribution in [3.8, 4) is 0 Å². The lowest BCUT2D eigenvalue weighted by Gasteiger charge is -2.14. The van der Waals surface area contributed by atoms with Gasteiger partial charge in [0.1, 0.15) is 0 Å². The molecule has 0 spiro atoms. The van der Waals surface area contributed by atoms with Crippen LogP contribution in [0.25, 0.3) is 21.8 Å². The molecule has 0 saturated carbocycles. The third-order valence-corrected chi connectivity index (χ3v) is 5.29. The van der Waals surface area contributed by atoms with Crippen molar-refractivity contribution in [2.75, 3.05) is 14.1 Å². The Hall–Kier alpha value is -2.45. The number of fused-ring (bicyclic) bond motifs is 3. The van der Waals surface area contributed by atoms with Gasteiger partial charge < -0.3 is 0 Å².